The highest BCUT2D eigenvalue weighted by atomic mass is 16.5. The Morgan fingerprint density at radius 1 is 1.78 bits per heavy atom. The molecule has 0 aromatic heterocycles. The van der Waals surface area contributed by atoms with E-state index in [2.05, 4.69) is 10.1 Å². The summed E-state index contributed by atoms with van der Waals surface area (Å²) in [6, 6.07) is 0. The third kappa shape index (κ3) is 5.26. The summed E-state index contributed by atoms with van der Waals surface area (Å²) in [5.41, 5.74) is 4.98. The molecule has 0 fully saturated rings. The molecule has 0 aromatic carbocycles. The van der Waals surface area contributed by atoms with Gasteiger partial charge in [0.2, 0.25) is 5.91 Å². The number of nitrogens with one attached hydrogen (secondary N) is 1. The van der Waals surface area contributed by atoms with Crippen LogP contribution >= 0.6 is 0 Å². The molecule has 0 aliphatic carbocycles. The molecular weight excluding hydrogens is 120 g/mol. The highest BCUT2D eigenvalue weighted by Crippen LogP contribution is 1.73. The Labute approximate surface area is 54.4 Å². The number of hydrogen-bond acceptors (Lipinski definition) is 3. The van der Waals surface area contributed by atoms with Gasteiger partial charge < -0.3 is 15.8 Å². The van der Waals surface area contributed by atoms with E-state index in [-0.39, 0.29) is 19.4 Å². The SMILES string of the molecule is CCC(=O)NCOCN. The molecule has 0 saturated heterocycles. The molecule has 9 heavy (non-hydrogen) atoms. The van der Waals surface area contributed by atoms with Crippen LogP contribution in [0.25, 0.3) is 0 Å². The van der Waals surface area contributed by atoms with Gasteiger partial charge in [0.1, 0.15) is 6.73 Å². The first-order valence-corrected chi connectivity index (χ1v) is 2.85. The van der Waals surface area contributed by atoms with Gasteiger partial charge in [0.05, 0.1) is 6.73 Å². The first-order valence-electron chi connectivity index (χ1n) is 2.85. The van der Waals surface area contributed by atoms with Crippen LogP contribution in [0.3, 0.4) is 0 Å². The molecule has 0 spiro atoms. The highest BCUT2D eigenvalue weighted by Gasteiger charge is 1.91. The summed E-state index contributed by atoms with van der Waals surface area (Å²) in [6.07, 6.45) is 0.480. The summed E-state index contributed by atoms with van der Waals surface area (Å²) in [7, 11) is 0. The number of carbonyl (C=O) groups excluding carboxylic acids is 1. The van der Waals surface area contributed by atoms with Crippen molar-refractivity contribution in [1.29, 1.82) is 0 Å². The summed E-state index contributed by atoms with van der Waals surface area (Å²) in [4.78, 5) is 10.5. The van der Waals surface area contributed by atoms with Gasteiger partial charge in [0.15, 0.2) is 0 Å². The standard InChI is InChI=1S/C5H12N2O2/c1-2-5(8)7-4-9-3-6/h2-4,6H2,1H3,(H,7,8). The van der Waals surface area contributed by atoms with Gasteiger partial charge in [-0.25, -0.2) is 0 Å². The molecule has 1 amide bonds. The van der Waals surface area contributed by atoms with Crippen molar-refractivity contribution in [1.82, 2.24) is 5.32 Å². The average Bonchev–Trinajstić information content (AvgIpc) is 1.89. The van der Waals surface area contributed by atoms with Crippen molar-refractivity contribution in [2.75, 3.05) is 13.5 Å². The summed E-state index contributed by atoms with van der Waals surface area (Å²) >= 11 is 0. The fourth-order valence-electron chi connectivity index (χ4n) is 0.315. The first-order chi connectivity index (χ1) is 4.31. The number of carbonyl (C=O) groups is 1. The van der Waals surface area contributed by atoms with Crippen molar-refractivity contribution in [2.24, 2.45) is 5.73 Å². The largest absolute Gasteiger partial charge is 0.346 e. The van der Waals surface area contributed by atoms with Crippen LogP contribution in [0, 0.1) is 0 Å². The van der Waals surface area contributed by atoms with Crippen molar-refractivity contribution in [2.45, 2.75) is 13.3 Å². The van der Waals surface area contributed by atoms with Crippen molar-refractivity contribution in [3.63, 3.8) is 0 Å². The number of ether oxygens (including phenoxy) is 1. The number of amides is 1. The molecule has 0 unspecified atom stereocenters. The second-order valence-electron chi connectivity index (χ2n) is 1.47. The van der Waals surface area contributed by atoms with Gasteiger partial charge in [-0.3, -0.25) is 4.79 Å². The zero-order valence-corrected chi connectivity index (χ0v) is 5.52. The van der Waals surface area contributed by atoms with Crippen LogP contribution in [-0.2, 0) is 9.53 Å². The van der Waals surface area contributed by atoms with E-state index in [0.29, 0.717) is 6.42 Å². The van der Waals surface area contributed by atoms with Crippen molar-refractivity contribution in [3.8, 4) is 0 Å². The second-order valence-corrected chi connectivity index (χ2v) is 1.47. The summed E-state index contributed by atoms with van der Waals surface area (Å²) in [5.74, 6) is -0.0246. The minimum absolute atomic E-state index is 0.0246. The van der Waals surface area contributed by atoms with Crippen LogP contribution in [-0.4, -0.2) is 19.4 Å². The second kappa shape index (κ2) is 5.53. The van der Waals surface area contributed by atoms with E-state index in [9.17, 15) is 4.79 Å². The van der Waals surface area contributed by atoms with Crippen LogP contribution in [0.15, 0.2) is 0 Å². The summed E-state index contributed by atoms with van der Waals surface area (Å²) in [6.45, 7) is 2.13. The van der Waals surface area contributed by atoms with E-state index in [1.54, 1.807) is 6.92 Å². The molecule has 54 valence electrons. The lowest BCUT2D eigenvalue weighted by molar-refractivity contribution is -0.122. The summed E-state index contributed by atoms with van der Waals surface area (Å²) in [5, 5.41) is 2.49. The fourth-order valence-corrected chi connectivity index (χ4v) is 0.315. The maximum Gasteiger partial charge on any atom is 0.221 e. The molecule has 0 heterocycles. The smallest absolute Gasteiger partial charge is 0.221 e. The molecule has 0 aliphatic heterocycles. The number of rotatable bonds is 4. The fraction of sp³-hybridized carbons (Fsp3) is 0.800. The number of nitrogens with two attached hydrogens (primary N) is 1. The van der Waals surface area contributed by atoms with Crippen LogP contribution in [0.4, 0.5) is 0 Å². The predicted molar refractivity (Wildman–Crippen MR) is 33.4 cm³/mol. The van der Waals surface area contributed by atoms with Crippen molar-refractivity contribution in [3.05, 3.63) is 0 Å². The molecule has 0 rings (SSSR count). The molecule has 0 saturated carbocycles. The molecule has 3 N–H and O–H groups in total. The molecule has 0 aromatic rings. The Hall–Kier alpha value is -0.610. The van der Waals surface area contributed by atoms with E-state index in [4.69, 9.17) is 5.73 Å². The maximum absolute atomic E-state index is 10.5. The summed E-state index contributed by atoms with van der Waals surface area (Å²) < 4.78 is 4.65. The third-order valence-corrected chi connectivity index (χ3v) is 0.810. The molecule has 4 nitrogen and oxygen atoms in total. The van der Waals surface area contributed by atoms with Gasteiger partial charge >= 0.3 is 0 Å². The van der Waals surface area contributed by atoms with Crippen LogP contribution in [0.2, 0.25) is 0 Å². The van der Waals surface area contributed by atoms with Gasteiger partial charge in [0, 0.05) is 6.42 Å². The van der Waals surface area contributed by atoms with E-state index < -0.39 is 0 Å². The molecule has 4 heteroatoms. The maximum atomic E-state index is 10.5. The lowest BCUT2D eigenvalue weighted by atomic mass is 10.5. The van der Waals surface area contributed by atoms with E-state index in [1.165, 1.54) is 0 Å². The normalized spacial score (nSPS) is 9.11. The van der Waals surface area contributed by atoms with E-state index in [1.807, 2.05) is 0 Å². The zero-order chi connectivity index (χ0) is 7.11. The van der Waals surface area contributed by atoms with E-state index in [0.717, 1.165) is 0 Å². The van der Waals surface area contributed by atoms with Gasteiger partial charge in [0.25, 0.3) is 0 Å². The Bertz CT molecular complexity index is 85.0. The molecule has 0 bridgehead atoms. The first kappa shape index (κ1) is 8.39. The quantitative estimate of drug-likeness (QED) is 0.396. The Morgan fingerprint density at radius 2 is 2.44 bits per heavy atom. The van der Waals surface area contributed by atoms with Gasteiger partial charge in [-0.05, 0) is 0 Å². The number of hydrogen-bond donors (Lipinski definition) is 2. The van der Waals surface area contributed by atoms with Gasteiger partial charge in [-0.1, -0.05) is 6.92 Å². The van der Waals surface area contributed by atoms with Crippen LogP contribution in [0.5, 0.6) is 0 Å². The predicted octanol–water partition coefficient (Wildman–Crippen LogP) is -0.597. The lowest BCUT2D eigenvalue weighted by Gasteiger charge is -2.00. The molecule has 0 atom stereocenters. The monoisotopic (exact) mass is 132 g/mol. The van der Waals surface area contributed by atoms with Crippen molar-refractivity contribution < 1.29 is 9.53 Å². The Balaban J connectivity index is 2.97. The topological polar surface area (TPSA) is 64.3 Å². The van der Waals surface area contributed by atoms with Gasteiger partial charge in [-0.2, -0.15) is 0 Å². The minimum Gasteiger partial charge on any atom is -0.346 e. The van der Waals surface area contributed by atoms with Gasteiger partial charge in [-0.15, -0.1) is 0 Å². The average molecular weight is 132 g/mol. The molecule has 0 radical (unpaired) electrons. The van der Waals surface area contributed by atoms with Crippen molar-refractivity contribution >= 4 is 5.91 Å². The Kier molecular flexibility index (Phi) is 5.15. The van der Waals surface area contributed by atoms with Crippen LogP contribution in [0.1, 0.15) is 13.3 Å². The lowest BCUT2D eigenvalue weighted by Crippen LogP contribution is -2.26. The van der Waals surface area contributed by atoms with E-state index >= 15 is 0 Å². The van der Waals surface area contributed by atoms with Crippen LogP contribution < -0.4 is 11.1 Å². The molecular formula is C5H12N2O2. The Morgan fingerprint density at radius 3 is 2.89 bits per heavy atom. The molecule has 0 aliphatic rings. The zero-order valence-electron chi connectivity index (χ0n) is 5.52. The third-order valence-electron chi connectivity index (χ3n) is 0.810. The highest BCUT2D eigenvalue weighted by molar-refractivity contribution is 5.75. The minimum atomic E-state index is -0.0246.